The quantitative estimate of drug-likeness (QED) is 0.192. The van der Waals surface area contributed by atoms with Crippen molar-refractivity contribution in [2.24, 2.45) is 5.92 Å². The Hall–Kier alpha value is -4.02. The Bertz CT molecular complexity index is 1850. The van der Waals surface area contributed by atoms with Gasteiger partial charge in [0.05, 0.1) is 34.4 Å². The van der Waals surface area contributed by atoms with E-state index in [1.165, 1.54) is 24.7 Å². The highest BCUT2D eigenvalue weighted by atomic mass is 32.1. The summed E-state index contributed by atoms with van der Waals surface area (Å²) in [5, 5.41) is 2.71. The topological polar surface area (TPSA) is 107 Å². The first-order valence-corrected chi connectivity index (χ1v) is 15.1. The van der Waals surface area contributed by atoms with Crippen molar-refractivity contribution in [1.29, 1.82) is 0 Å². The highest BCUT2D eigenvalue weighted by molar-refractivity contribution is 7.31. The zero-order chi connectivity index (χ0) is 27.4. The van der Waals surface area contributed by atoms with Gasteiger partial charge in [0.25, 0.3) is 0 Å². The van der Waals surface area contributed by atoms with Crippen molar-refractivity contribution in [2.75, 3.05) is 6.54 Å². The molecule has 4 aromatic heterocycles. The number of hydrogen-bond acceptors (Lipinski definition) is 6. The second-order valence-electron chi connectivity index (χ2n) is 10.6. The standard InChI is InChI=1S/C30H28N6O2S2/c1-16(2)28(33-15-37)30(38)36-9-3-4-23(36)29-34-20-8-6-18(11-22(20)35-29)25-13-27-26(40-25)12-24(39-27)17-5-7-19-21(10-17)32-14-31-19/h5-8,10-16,23,28H,3-4,9H2,1-2H3,(H,31,32)(H,33,37)(H,34,35). The fourth-order valence-electron chi connectivity index (χ4n) is 5.67. The predicted molar refractivity (Wildman–Crippen MR) is 161 cm³/mol. The second kappa shape index (κ2) is 9.87. The fourth-order valence-corrected chi connectivity index (χ4v) is 8.05. The lowest BCUT2D eigenvalue weighted by molar-refractivity contribution is -0.137. The van der Waals surface area contributed by atoms with Crippen molar-refractivity contribution in [3.8, 4) is 20.9 Å². The minimum Gasteiger partial charge on any atom is -0.347 e. The molecule has 0 bridgehead atoms. The van der Waals surface area contributed by atoms with E-state index in [4.69, 9.17) is 4.98 Å². The van der Waals surface area contributed by atoms with E-state index in [0.29, 0.717) is 13.0 Å². The number of nitrogens with zero attached hydrogens (tertiary/aromatic N) is 3. The van der Waals surface area contributed by atoms with E-state index in [0.717, 1.165) is 46.3 Å². The lowest BCUT2D eigenvalue weighted by atomic mass is 10.0. The van der Waals surface area contributed by atoms with Crippen LogP contribution >= 0.6 is 22.7 Å². The molecular weight excluding hydrogens is 541 g/mol. The number of H-pyrrole nitrogens is 2. The number of nitrogens with one attached hydrogen (secondary N) is 3. The van der Waals surface area contributed by atoms with E-state index in [-0.39, 0.29) is 17.9 Å². The first-order chi connectivity index (χ1) is 19.5. The van der Waals surface area contributed by atoms with Gasteiger partial charge in [0.15, 0.2) is 0 Å². The summed E-state index contributed by atoms with van der Waals surface area (Å²) in [5.74, 6) is 0.764. The SMILES string of the molecule is CC(C)C(NC=O)C(=O)N1CCCC1c1nc2ccc(-c3cc4sc(-c5ccc6nc[nH]c6c5)cc4s3)cc2[nH]1. The van der Waals surface area contributed by atoms with Crippen LogP contribution < -0.4 is 5.32 Å². The van der Waals surface area contributed by atoms with Crippen LogP contribution in [0.2, 0.25) is 0 Å². The lowest BCUT2D eigenvalue weighted by Crippen LogP contribution is -2.48. The van der Waals surface area contributed by atoms with E-state index in [9.17, 15) is 9.59 Å². The maximum absolute atomic E-state index is 13.3. The van der Waals surface area contributed by atoms with Gasteiger partial charge in [-0.25, -0.2) is 9.97 Å². The highest BCUT2D eigenvalue weighted by Crippen LogP contribution is 2.42. The summed E-state index contributed by atoms with van der Waals surface area (Å²) in [6.07, 6.45) is 4.10. The van der Waals surface area contributed by atoms with E-state index < -0.39 is 6.04 Å². The van der Waals surface area contributed by atoms with Crippen molar-refractivity contribution >= 4 is 66.5 Å². The largest absolute Gasteiger partial charge is 0.347 e. The van der Waals surface area contributed by atoms with E-state index in [2.05, 4.69) is 68.8 Å². The predicted octanol–water partition coefficient (Wildman–Crippen LogP) is 6.48. The highest BCUT2D eigenvalue weighted by Gasteiger charge is 2.36. The molecule has 1 fully saturated rings. The van der Waals surface area contributed by atoms with Crippen molar-refractivity contribution in [1.82, 2.24) is 30.2 Å². The van der Waals surface area contributed by atoms with E-state index in [1.54, 1.807) is 29.0 Å². The van der Waals surface area contributed by atoms with Gasteiger partial charge in [-0.3, -0.25) is 9.59 Å². The molecule has 1 aliphatic heterocycles. The van der Waals surface area contributed by atoms with Crippen molar-refractivity contribution in [3.05, 3.63) is 60.7 Å². The summed E-state index contributed by atoms with van der Waals surface area (Å²) in [6.45, 7) is 4.56. The maximum atomic E-state index is 13.3. The number of carbonyl (C=O) groups is 2. The molecule has 10 heteroatoms. The van der Waals surface area contributed by atoms with Gasteiger partial charge >= 0.3 is 0 Å². The van der Waals surface area contributed by atoms with Gasteiger partial charge in [-0.05, 0) is 66.3 Å². The van der Waals surface area contributed by atoms with Gasteiger partial charge in [0.1, 0.15) is 11.9 Å². The fraction of sp³-hybridized carbons (Fsp3) is 0.267. The number of imidazole rings is 2. The normalized spacial score (nSPS) is 16.5. The number of carbonyl (C=O) groups excluding carboxylic acids is 2. The van der Waals surface area contributed by atoms with Crippen molar-refractivity contribution < 1.29 is 9.59 Å². The number of aromatic nitrogens is 4. The molecule has 2 amide bonds. The molecule has 202 valence electrons. The Morgan fingerprint density at radius 3 is 2.42 bits per heavy atom. The second-order valence-corrected chi connectivity index (χ2v) is 12.8. The first-order valence-electron chi connectivity index (χ1n) is 13.5. The number of likely N-dealkylation sites (tertiary alicyclic amines) is 1. The van der Waals surface area contributed by atoms with Crippen LogP contribution in [0.5, 0.6) is 0 Å². The van der Waals surface area contributed by atoms with Crippen molar-refractivity contribution in [2.45, 2.75) is 38.8 Å². The average molecular weight is 569 g/mol. The molecule has 0 aliphatic carbocycles. The summed E-state index contributed by atoms with van der Waals surface area (Å²) in [7, 11) is 0. The number of fused-ring (bicyclic) bond motifs is 3. The van der Waals surface area contributed by atoms with Crippen LogP contribution in [-0.2, 0) is 9.59 Å². The molecule has 2 aromatic carbocycles. The minimum atomic E-state index is -0.532. The van der Waals surface area contributed by atoms with Gasteiger partial charge < -0.3 is 20.2 Å². The number of amides is 2. The molecule has 5 heterocycles. The molecule has 3 N–H and O–H groups in total. The van der Waals surface area contributed by atoms with Crippen molar-refractivity contribution in [3.63, 3.8) is 0 Å². The molecule has 6 aromatic rings. The zero-order valence-corrected chi connectivity index (χ0v) is 23.7. The van der Waals surface area contributed by atoms with Gasteiger partial charge in [0.2, 0.25) is 12.3 Å². The molecule has 0 spiro atoms. The van der Waals surface area contributed by atoms with Crippen LogP contribution in [0.15, 0.2) is 54.9 Å². The smallest absolute Gasteiger partial charge is 0.246 e. The van der Waals surface area contributed by atoms with Gasteiger partial charge in [-0.15, -0.1) is 22.7 Å². The summed E-state index contributed by atoms with van der Waals surface area (Å²) >= 11 is 3.60. The Kier molecular flexibility index (Phi) is 6.16. The molecule has 7 rings (SSSR count). The number of rotatable bonds is 7. The minimum absolute atomic E-state index is 0.00805. The van der Waals surface area contributed by atoms with Gasteiger partial charge in [-0.1, -0.05) is 26.0 Å². The Morgan fingerprint density at radius 2 is 1.73 bits per heavy atom. The summed E-state index contributed by atoms with van der Waals surface area (Å²) in [4.78, 5) is 44.6. The van der Waals surface area contributed by atoms with Crippen LogP contribution in [0, 0.1) is 5.92 Å². The third-order valence-corrected chi connectivity index (χ3v) is 10.1. The maximum Gasteiger partial charge on any atom is 0.246 e. The molecule has 8 nitrogen and oxygen atoms in total. The molecule has 0 saturated carbocycles. The lowest BCUT2D eigenvalue weighted by Gasteiger charge is -2.29. The van der Waals surface area contributed by atoms with Crippen LogP contribution in [0.25, 0.3) is 52.3 Å². The molecule has 1 aliphatic rings. The average Bonchev–Trinajstić information content (AvgIpc) is 3.76. The van der Waals surface area contributed by atoms with E-state index in [1.807, 2.05) is 18.7 Å². The Balaban J connectivity index is 1.15. The number of aromatic amines is 2. The van der Waals surface area contributed by atoms with Crippen LogP contribution in [0.1, 0.15) is 38.6 Å². The molecular formula is C30H28N6O2S2. The summed E-state index contributed by atoms with van der Waals surface area (Å²) < 4.78 is 2.54. The Morgan fingerprint density at radius 1 is 1.02 bits per heavy atom. The summed E-state index contributed by atoms with van der Waals surface area (Å²) in [6, 6.07) is 16.6. The molecule has 2 unspecified atom stereocenters. The zero-order valence-electron chi connectivity index (χ0n) is 22.1. The molecule has 2 atom stereocenters. The molecule has 40 heavy (non-hydrogen) atoms. The monoisotopic (exact) mass is 568 g/mol. The van der Waals surface area contributed by atoms with Gasteiger partial charge in [-0.2, -0.15) is 0 Å². The third-order valence-electron chi connectivity index (χ3n) is 7.73. The van der Waals surface area contributed by atoms with E-state index >= 15 is 0 Å². The number of thiophene rings is 2. The Labute approximate surface area is 238 Å². The molecule has 0 radical (unpaired) electrons. The van der Waals surface area contributed by atoms with Crippen LogP contribution in [-0.4, -0.2) is 49.7 Å². The van der Waals surface area contributed by atoms with Gasteiger partial charge in [0, 0.05) is 25.7 Å². The third kappa shape index (κ3) is 4.28. The summed E-state index contributed by atoms with van der Waals surface area (Å²) in [5.41, 5.74) is 6.21. The van der Waals surface area contributed by atoms with Crippen LogP contribution in [0.3, 0.4) is 0 Å². The first kappa shape index (κ1) is 25.0. The van der Waals surface area contributed by atoms with Crippen LogP contribution in [0.4, 0.5) is 0 Å². The number of benzene rings is 2. The molecule has 1 saturated heterocycles. The number of hydrogen-bond donors (Lipinski definition) is 3.